The van der Waals surface area contributed by atoms with Crippen molar-refractivity contribution in [1.29, 1.82) is 0 Å². The lowest BCUT2D eigenvalue weighted by molar-refractivity contribution is 0.0697. The Labute approximate surface area is 105 Å². The topological polar surface area (TPSA) is 63.1 Å². The molecule has 0 aliphatic carbocycles. The van der Waals surface area contributed by atoms with Crippen molar-refractivity contribution >= 4 is 5.97 Å². The fourth-order valence-electron chi connectivity index (χ4n) is 1.83. The van der Waals surface area contributed by atoms with Crippen LogP contribution in [0.2, 0.25) is 0 Å². The SMILES string of the molecule is CCCc1ccc(-c2ncncc2C(=O)O)cc1. The van der Waals surface area contributed by atoms with Gasteiger partial charge in [0.15, 0.2) is 0 Å². The lowest BCUT2D eigenvalue weighted by Crippen LogP contribution is -2.02. The number of carbonyl (C=O) groups is 1. The van der Waals surface area contributed by atoms with Crippen LogP contribution in [-0.2, 0) is 6.42 Å². The summed E-state index contributed by atoms with van der Waals surface area (Å²) in [7, 11) is 0. The Hall–Kier alpha value is -2.23. The summed E-state index contributed by atoms with van der Waals surface area (Å²) in [6.45, 7) is 2.13. The third-order valence-electron chi connectivity index (χ3n) is 2.71. The summed E-state index contributed by atoms with van der Waals surface area (Å²) in [5.74, 6) is -1.01. The van der Waals surface area contributed by atoms with E-state index >= 15 is 0 Å². The van der Waals surface area contributed by atoms with E-state index in [0.29, 0.717) is 5.69 Å². The van der Waals surface area contributed by atoms with Crippen molar-refractivity contribution in [1.82, 2.24) is 9.97 Å². The Bertz CT molecular complexity index is 550. The highest BCUT2D eigenvalue weighted by atomic mass is 16.4. The minimum atomic E-state index is -1.01. The van der Waals surface area contributed by atoms with Crippen molar-refractivity contribution in [3.8, 4) is 11.3 Å². The zero-order valence-corrected chi connectivity index (χ0v) is 10.1. The van der Waals surface area contributed by atoms with Crippen LogP contribution in [0.5, 0.6) is 0 Å². The maximum absolute atomic E-state index is 11.1. The van der Waals surface area contributed by atoms with Crippen molar-refractivity contribution in [3.05, 3.63) is 47.9 Å². The molecule has 0 saturated heterocycles. The second kappa shape index (κ2) is 5.40. The molecule has 0 aliphatic rings. The van der Waals surface area contributed by atoms with Crippen LogP contribution in [0.25, 0.3) is 11.3 Å². The van der Waals surface area contributed by atoms with E-state index in [2.05, 4.69) is 16.9 Å². The van der Waals surface area contributed by atoms with Gasteiger partial charge in [0.2, 0.25) is 0 Å². The number of aryl methyl sites for hydroxylation is 1. The molecule has 0 radical (unpaired) electrons. The van der Waals surface area contributed by atoms with Crippen LogP contribution in [0, 0.1) is 0 Å². The first-order chi connectivity index (χ1) is 8.72. The number of benzene rings is 1. The third-order valence-corrected chi connectivity index (χ3v) is 2.71. The highest BCUT2D eigenvalue weighted by molar-refractivity contribution is 5.94. The molecule has 1 aromatic heterocycles. The predicted octanol–water partition coefficient (Wildman–Crippen LogP) is 2.79. The first-order valence-electron chi connectivity index (χ1n) is 5.85. The Morgan fingerprint density at radius 1 is 1.28 bits per heavy atom. The Morgan fingerprint density at radius 3 is 2.61 bits per heavy atom. The summed E-state index contributed by atoms with van der Waals surface area (Å²) < 4.78 is 0. The average Bonchev–Trinajstić information content (AvgIpc) is 2.40. The Balaban J connectivity index is 2.39. The number of hydrogen-bond donors (Lipinski definition) is 1. The number of carboxylic acids is 1. The van der Waals surface area contributed by atoms with Gasteiger partial charge in [-0.15, -0.1) is 0 Å². The maximum atomic E-state index is 11.1. The molecule has 0 spiro atoms. The van der Waals surface area contributed by atoms with E-state index in [1.807, 2.05) is 24.3 Å². The van der Waals surface area contributed by atoms with E-state index in [-0.39, 0.29) is 5.56 Å². The van der Waals surface area contributed by atoms with Crippen LogP contribution in [0.1, 0.15) is 29.3 Å². The van der Waals surface area contributed by atoms with Gasteiger partial charge in [-0.25, -0.2) is 14.8 Å². The molecule has 0 atom stereocenters. The normalized spacial score (nSPS) is 10.3. The fourth-order valence-corrected chi connectivity index (χ4v) is 1.83. The van der Waals surface area contributed by atoms with Crippen molar-refractivity contribution in [3.63, 3.8) is 0 Å². The van der Waals surface area contributed by atoms with Gasteiger partial charge in [0.05, 0.1) is 5.69 Å². The van der Waals surface area contributed by atoms with Crippen molar-refractivity contribution in [2.45, 2.75) is 19.8 Å². The second-order valence-corrected chi connectivity index (χ2v) is 4.04. The largest absolute Gasteiger partial charge is 0.478 e. The van der Waals surface area contributed by atoms with Crippen molar-refractivity contribution in [2.75, 3.05) is 0 Å². The molecule has 2 aromatic rings. The summed E-state index contributed by atoms with van der Waals surface area (Å²) in [4.78, 5) is 18.9. The third kappa shape index (κ3) is 2.53. The molecule has 18 heavy (non-hydrogen) atoms. The monoisotopic (exact) mass is 242 g/mol. The summed E-state index contributed by atoms with van der Waals surface area (Å²) >= 11 is 0. The van der Waals surface area contributed by atoms with Crippen LogP contribution in [0.15, 0.2) is 36.8 Å². The van der Waals surface area contributed by atoms with Crippen LogP contribution >= 0.6 is 0 Å². The van der Waals surface area contributed by atoms with E-state index < -0.39 is 5.97 Å². The summed E-state index contributed by atoms with van der Waals surface area (Å²) in [6.07, 6.45) is 4.80. The molecule has 1 aromatic carbocycles. The van der Waals surface area contributed by atoms with Crippen LogP contribution in [0.3, 0.4) is 0 Å². The molecule has 0 aliphatic heterocycles. The van der Waals surface area contributed by atoms with Gasteiger partial charge in [-0.1, -0.05) is 37.6 Å². The van der Waals surface area contributed by atoms with Crippen molar-refractivity contribution in [2.24, 2.45) is 0 Å². The lowest BCUT2D eigenvalue weighted by atomic mass is 10.0. The van der Waals surface area contributed by atoms with E-state index in [1.165, 1.54) is 18.1 Å². The van der Waals surface area contributed by atoms with Crippen LogP contribution in [0.4, 0.5) is 0 Å². The number of hydrogen-bond acceptors (Lipinski definition) is 3. The standard InChI is InChI=1S/C14H14N2O2/c1-2-3-10-4-6-11(7-5-10)13-12(14(17)18)8-15-9-16-13/h4-9H,2-3H2,1H3,(H,17,18). The van der Waals surface area contributed by atoms with Gasteiger partial charge < -0.3 is 5.11 Å². The molecule has 0 unspecified atom stereocenters. The summed E-state index contributed by atoms with van der Waals surface area (Å²) in [5.41, 5.74) is 2.63. The quantitative estimate of drug-likeness (QED) is 0.895. The number of rotatable bonds is 4. The molecule has 0 amide bonds. The molecule has 4 heteroatoms. The molecule has 0 fully saturated rings. The van der Waals surface area contributed by atoms with Gasteiger partial charge in [-0.3, -0.25) is 0 Å². The molecule has 92 valence electrons. The highest BCUT2D eigenvalue weighted by Crippen LogP contribution is 2.21. The molecule has 4 nitrogen and oxygen atoms in total. The second-order valence-electron chi connectivity index (χ2n) is 4.04. The molecular weight excluding hydrogens is 228 g/mol. The molecule has 0 saturated carbocycles. The smallest absolute Gasteiger partial charge is 0.339 e. The van der Waals surface area contributed by atoms with Crippen molar-refractivity contribution < 1.29 is 9.90 Å². The van der Waals surface area contributed by atoms with Crippen LogP contribution in [-0.4, -0.2) is 21.0 Å². The maximum Gasteiger partial charge on any atom is 0.339 e. The average molecular weight is 242 g/mol. The minimum Gasteiger partial charge on any atom is -0.478 e. The minimum absolute atomic E-state index is 0.126. The van der Waals surface area contributed by atoms with Gasteiger partial charge in [-0.05, 0) is 12.0 Å². The summed E-state index contributed by atoms with van der Waals surface area (Å²) in [6, 6.07) is 7.82. The first kappa shape index (κ1) is 12.2. The zero-order valence-electron chi connectivity index (χ0n) is 10.1. The van der Waals surface area contributed by atoms with E-state index in [1.54, 1.807) is 0 Å². The number of nitrogens with zero attached hydrogens (tertiary/aromatic N) is 2. The van der Waals surface area contributed by atoms with E-state index in [4.69, 9.17) is 5.11 Å². The molecule has 1 heterocycles. The van der Waals surface area contributed by atoms with Gasteiger partial charge in [0.25, 0.3) is 0 Å². The zero-order chi connectivity index (χ0) is 13.0. The molecule has 1 N–H and O–H groups in total. The van der Waals surface area contributed by atoms with E-state index in [9.17, 15) is 4.79 Å². The van der Waals surface area contributed by atoms with E-state index in [0.717, 1.165) is 18.4 Å². The van der Waals surface area contributed by atoms with Gasteiger partial charge >= 0.3 is 5.97 Å². The number of aromatic carboxylic acids is 1. The van der Waals surface area contributed by atoms with Gasteiger partial charge in [0, 0.05) is 11.8 Å². The highest BCUT2D eigenvalue weighted by Gasteiger charge is 2.12. The fraction of sp³-hybridized carbons (Fsp3) is 0.214. The van der Waals surface area contributed by atoms with Gasteiger partial charge in [-0.2, -0.15) is 0 Å². The summed E-state index contributed by atoms with van der Waals surface area (Å²) in [5, 5.41) is 9.09. The van der Waals surface area contributed by atoms with Gasteiger partial charge in [0.1, 0.15) is 11.9 Å². The predicted molar refractivity (Wildman–Crippen MR) is 68.4 cm³/mol. The molecule has 2 rings (SSSR count). The number of carboxylic acid groups (broad SMARTS) is 1. The Morgan fingerprint density at radius 2 is 2.00 bits per heavy atom. The van der Waals surface area contributed by atoms with Crippen LogP contribution < -0.4 is 0 Å². The number of aromatic nitrogens is 2. The molecule has 0 bridgehead atoms. The first-order valence-corrected chi connectivity index (χ1v) is 5.85. The lowest BCUT2D eigenvalue weighted by Gasteiger charge is -2.05. The Kier molecular flexibility index (Phi) is 3.67. The molecular formula is C14H14N2O2.